The fraction of sp³-hybridized carbons (Fsp3) is 0.333. The van der Waals surface area contributed by atoms with Gasteiger partial charge in [0.15, 0.2) is 0 Å². The maximum Gasteiger partial charge on any atom is 0.317 e. The number of benzene rings is 2. The first-order valence-electron chi connectivity index (χ1n) is 8.93. The number of carbonyl (C=O) groups is 2. The third kappa shape index (κ3) is 8.48. The molecule has 0 aliphatic carbocycles. The van der Waals surface area contributed by atoms with E-state index in [1.165, 1.54) is 0 Å². The minimum atomic E-state index is -0.653. The van der Waals surface area contributed by atoms with Gasteiger partial charge in [-0.2, -0.15) is 0 Å². The van der Waals surface area contributed by atoms with Crippen LogP contribution in [0.3, 0.4) is 0 Å². The zero-order chi connectivity index (χ0) is 19.5. The number of rotatable bonds is 10. The Kier molecular flexibility index (Phi) is 8.48. The minimum absolute atomic E-state index is 0.0501. The quantitative estimate of drug-likeness (QED) is 0.486. The monoisotopic (exact) mass is 370 g/mol. The standard InChI is InChI=1S/C21H26N2O4/c22-18(11-16-7-3-1-4-8-16)14-26-20(24)13-21(25)27-15-19(23)12-17-9-5-2-6-10-17/h1-10,18-19H,11-15,22-23H2. The Morgan fingerprint density at radius 2 is 1.07 bits per heavy atom. The van der Waals surface area contributed by atoms with Gasteiger partial charge in [0.05, 0.1) is 0 Å². The Hall–Kier alpha value is -2.70. The number of carbonyl (C=O) groups excluding carboxylic acids is 2. The molecule has 0 radical (unpaired) electrons. The van der Waals surface area contributed by atoms with E-state index in [4.69, 9.17) is 20.9 Å². The summed E-state index contributed by atoms with van der Waals surface area (Å²) in [6.45, 7) is 0.100. The summed E-state index contributed by atoms with van der Waals surface area (Å²) in [5.41, 5.74) is 14.0. The molecule has 2 rings (SSSR count). The Bertz CT molecular complexity index is 645. The molecule has 0 aliphatic heterocycles. The second-order valence-corrected chi connectivity index (χ2v) is 6.44. The summed E-state index contributed by atoms with van der Waals surface area (Å²) in [7, 11) is 0. The Morgan fingerprint density at radius 3 is 1.44 bits per heavy atom. The molecule has 0 amide bonds. The van der Waals surface area contributed by atoms with Crippen LogP contribution in [0.5, 0.6) is 0 Å². The molecule has 2 atom stereocenters. The van der Waals surface area contributed by atoms with E-state index in [2.05, 4.69) is 0 Å². The highest BCUT2D eigenvalue weighted by Crippen LogP contribution is 2.04. The van der Waals surface area contributed by atoms with Gasteiger partial charge < -0.3 is 20.9 Å². The van der Waals surface area contributed by atoms with Crippen LogP contribution in [-0.4, -0.2) is 37.2 Å². The van der Waals surface area contributed by atoms with Crippen LogP contribution in [0.25, 0.3) is 0 Å². The molecule has 6 nitrogen and oxygen atoms in total. The summed E-state index contributed by atoms with van der Waals surface area (Å²) in [6, 6.07) is 18.7. The predicted octanol–water partition coefficient (Wildman–Crippen LogP) is 1.60. The van der Waals surface area contributed by atoms with Gasteiger partial charge in [0, 0.05) is 12.1 Å². The Labute approximate surface area is 159 Å². The number of ether oxygens (including phenoxy) is 2. The topological polar surface area (TPSA) is 105 Å². The summed E-state index contributed by atoms with van der Waals surface area (Å²) in [5.74, 6) is -1.31. The Balaban J connectivity index is 1.61. The van der Waals surface area contributed by atoms with Crippen molar-refractivity contribution in [3.8, 4) is 0 Å². The fourth-order valence-electron chi connectivity index (χ4n) is 2.57. The minimum Gasteiger partial charge on any atom is -0.464 e. The van der Waals surface area contributed by atoms with Gasteiger partial charge in [0.1, 0.15) is 19.6 Å². The van der Waals surface area contributed by atoms with E-state index in [1.807, 2.05) is 60.7 Å². The van der Waals surface area contributed by atoms with Gasteiger partial charge in [-0.05, 0) is 24.0 Å². The van der Waals surface area contributed by atoms with E-state index in [1.54, 1.807) is 0 Å². The SMILES string of the molecule is NC(COC(=O)CC(=O)OCC(N)Cc1ccccc1)Cc1ccccc1. The van der Waals surface area contributed by atoms with Gasteiger partial charge in [-0.15, -0.1) is 0 Å². The van der Waals surface area contributed by atoms with Crippen LogP contribution in [0.15, 0.2) is 60.7 Å². The second-order valence-electron chi connectivity index (χ2n) is 6.44. The smallest absolute Gasteiger partial charge is 0.317 e. The summed E-state index contributed by atoms with van der Waals surface area (Å²) in [4.78, 5) is 23.5. The molecule has 6 heteroatoms. The number of hydrogen-bond acceptors (Lipinski definition) is 6. The van der Waals surface area contributed by atoms with Crippen LogP contribution in [0, 0.1) is 0 Å². The molecule has 4 N–H and O–H groups in total. The van der Waals surface area contributed by atoms with Gasteiger partial charge in [0.25, 0.3) is 0 Å². The molecule has 0 aliphatic rings. The summed E-state index contributed by atoms with van der Waals surface area (Å²) < 4.78 is 10.1. The normalized spacial score (nSPS) is 12.8. The average Bonchev–Trinajstić information content (AvgIpc) is 2.66. The van der Waals surface area contributed by atoms with Crippen LogP contribution in [0.2, 0.25) is 0 Å². The van der Waals surface area contributed by atoms with E-state index in [0.717, 1.165) is 11.1 Å². The van der Waals surface area contributed by atoms with Crippen molar-refractivity contribution >= 4 is 11.9 Å². The molecule has 0 saturated carbocycles. The molecule has 0 saturated heterocycles. The molecule has 0 bridgehead atoms. The number of esters is 2. The van der Waals surface area contributed by atoms with E-state index in [9.17, 15) is 9.59 Å². The summed E-state index contributed by atoms with van der Waals surface area (Å²) in [6.07, 6.45) is 0.732. The van der Waals surface area contributed by atoms with Crippen molar-refractivity contribution in [3.05, 3.63) is 71.8 Å². The number of hydrogen-bond donors (Lipinski definition) is 2. The van der Waals surface area contributed by atoms with Crippen molar-refractivity contribution in [1.82, 2.24) is 0 Å². The molecule has 0 heterocycles. The van der Waals surface area contributed by atoms with Crippen molar-refractivity contribution in [2.75, 3.05) is 13.2 Å². The lowest BCUT2D eigenvalue weighted by Gasteiger charge is -2.13. The van der Waals surface area contributed by atoms with Crippen molar-refractivity contribution < 1.29 is 19.1 Å². The summed E-state index contributed by atoms with van der Waals surface area (Å²) >= 11 is 0. The number of nitrogens with two attached hydrogens (primary N) is 2. The first kappa shape index (κ1) is 20.6. The van der Waals surface area contributed by atoms with Gasteiger partial charge in [-0.3, -0.25) is 9.59 Å². The van der Waals surface area contributed by atoms with E-state index in [-0.39, 0.29) is 25.3 Å². The first-order chi connectivity index (χ1) is 13.0. The highest BCUT2D eigenvalue weighted by Gasteiger charge is 2.15. The van der Waals surface area contributed by atoms with Crippen LogP contribution in [0.1, 0.15) is 17.5 Å². The molecule has 2 aromatic carbocycles. The lowest BCUT2D eigenvalue weighted by Crippen LogP contribution is -2.32. The molecule has 0 spiro atoms. The third-order valence-electron chi connectivity index (χ3n) is 3.89. The molecule has 27 heavy (non-hydrogen) atoms. The summed E-state index contributed by atoms with van der Waals surface area (Å²) in [5, 5.41) is 0. The Morgan fingerprint density at radius 1 is 0.704 bits per heavy atom. The molecule has 2 unspecified atom stereocenters. The molecular formula is C21H26N2O4. The van der Waals surface area contributed by atoms with Crippen molar-refractivity contribution in [2.24, 2.45) is 11.5 Å². The van der Waals surface area contributed by atoms with E-state index < -0.39 is 18.4 Å². The van der Waals surface area contributed by atoms with E-state index in [0.29, 0.717) is 12.8 Å². The van der Waals surface area contributed by atoms with Gasteiger partial charge in [-0.1, -0.05) is 60.7 Å². The zero-order valence-corrected chi connectivity index (χ0v) is 15.3. The molecule has 144 valence electrons. The van der Waals surface area contributed by atoms with Gasteiger partial charge in [0.2, 0.25) is 0 Å². The highest BCUT2D eigenvalue weighted by molar-refractivity contribution is 5.91. The lowest BCUT2D eigenvalue weighted by atomic mass is 10.1. The fourth-order valence-corrected chi connectivity index (χ4v) is 2.57. The molecule has 0 aromatic heterocycles. The maximum absolute atomic E-state index is 11.7. The second kappa shape index (κ2) is 11.1. The largest absolute Gasteiger partial charge is 0.464 e. The van der Waals surface area contributed by atoms with Crippen molar-refractivity contribution in [3.63, 3.8) is 0 Å². The first-order valence-corrected chi connectivity index (χ1v) is 8.93. The van der Waals surface area contributed by atoms with Gasteiger partial charge >= 0.3 is 11.9 Å². The van der Waals surface area contributed by atoms with Crippen LogP contribution in [-0.2, 0) is 31.9 Å². The van der Waals surface area contributed by atoms with Crippen LogP contribution < -0.4 is 11.5 Å². The van der Waals surface area contributed by atoms with E-state index >= 15 is 0 Å². The van der Waals surface area contributed by atoms with Gasteiger partial charge in [-0.25, -0.2) is 0 Å². The van der Waals surface area contributed by atoms with Crippen LogP contribution >= 0.6 is 0 Å². The third-order valence-corrected chi connectivity index (χ3v) is 3.89. The zero-order valence-electron chi connectivity index (χ0n) is 15.3. The maximum atomic E-state index is 11.7. The lowest BCUT2D eigenvalue weighted by molar-refractivity contribution is -0.155. The predicted molar refractivity (Wildman–Crippen MR) is 103 cm³/mol. The molecule has 2 aromatic rings. The van der Waals surface area contributed by atoms with Crippen molar-refractivity contribution in [1.29, 1.82) is 0 Å². The van der Waals surface area contributed by atoms with Crippen molar-refractivity contribution in [2.45, 2.75) is 31.3 Å². The molecule has 0 fully saturated rings. The average molecular weight is 370 g/mol. The molecular weight excluding hydrogens is 344 g/mol. The highest BCUT2D eigenvalue weighted by atomic mass is 16.6. The van der Waals surface area contributed by atoms with Crippen LogP contribution in [0.4, 0.5) is 0 Å².